The molecule has 0 amide bonds. The van der Waals surface area contributed by atoms with E-state index in [1.54, 1.807) is 6.20 Å². The topological polar surface area (TPSA) is 36.7 Å². The summed E-state index contributed by atoms with van der Waals surface area (Å²) in [5.74, 6) is 0. The highest BCUT2D eigenvalue weighted by Gasteiger charge is 2.09. The lowest BCUT2D eigenvalue weighted by Crippen LogP contribution is -1.89. The van der Waals surface area contributed by atoms with Crippen LogP contribution in [0, 0.1) is 11.3 Å². The van der Waals surface area contributed by atoms with Gasteiger partial charge in [0.05, 0.1) is 5.56 Å². The minimum absolute atomic E-state index is 0.530. The fraction of sp³-hybridized carbons (Fsp3) is 0. The first-order valence-electron chi connectivity index (χ1n) is 6.75. The normalized spacial score (nSPS) is 10.3. The Morgan fingerprint density at radius 3 is 2.39 bits per heavy atom. The lowest BCUT2D eigenvalue weighted by atomic mass is 10.1. The minimum atomic E-state index is 0.530. The van der Waals surface area contributed by atoms with Gasteiger partial charge in [-0.15, -0.1) is 0 Å². The van der Waals surface area contributed by atoms with E-state index in [9.17, 15) is 5.26 Å². The van der Waals surface area contributed by atoms with Crippen LogP contribution < -0.4 is 0 Å². The van der Waals surface area contributed by atoms with Crippen LogP contribution in [0.15, 0.2) is 70.7 Å². The molecule has 0 saturated heterocycles. The molecule has 0 aliphatic rings. The number of rotatable bonds is 3. The third-order valence-corrected chi connectivity index (χ3v) is 4.66. The average Bonchev–Trinajstić information content (AvgIpc) is 2.56. The van der Waals surface area contributed by atoms with E-state index in [2.05, 4.69) is 11.1 Å². The van der Waals surface area contributed by atoms with Gasteiger partial charge in [-0.1, -0.05) is 53.2 Å². The quantitative estimate of drug-likeness (QED) is 0.570. The van der Waals surface area contributed by atoms with Crippen LogP contribution in [0.5, 0.6) is 0 Å². The third kappa shape index (κ3) is 3.86. The Bertz CT molecular complexity index is 886. The van der Waals surface area contributed by atoms with Gasteiger partial charge in [0.25, 0.3) is 0 Å². The first-order chi connectivity index (χ1) is 11.2. The van der Waals surface area contributed by atoms with Crippen LogP contribution in [0.3, 0.4) is 0 Å². The van der Waals surface area contributed by atoms with E-state index >= 15 is 0 Å². The summed E-state index contributed by atoms with van der Waals surface area (Å²) in [7, 11) is 0. The molecule has 0 aliphatic heterocycles. The number of halogens is 2. The minimum Gasteiger partial charge on any atom is -0.248 e. The van der Waals surface area contributed by atoms with Crippen LogP contribution in [-0.2, 0) is 0 Å². The van der Waals surface area contributed by atoms with Crippen LogP contribution in [0.4, 0.5) is 0 Å². The molecule has 1 aromatic heterocycles. The summed E-state index contributed by atoms with van der Waals surface area (Å²) in [5.41, 5.74) is 2.38. The molecule has 1 heterocycles. The van der Waals surface area contributed by atoms with Crippen LogP contribution >= 0.6 is 35.0 Å². The zero-order valence-electron chi connectivity index (χ0n) is 11.8. The molecule has 0 spiro atoms. The third-order valence-electron chi connectivity index (χ3n) is 3.16. The second kappa shape index (κ2) is 7.06. The zero-order chi connectivity index (χ0) is 16.2. The van der Waals surface area contributed by atoms with Gasteiger partial charge in [0.15, 0.2) is 0 Å². The maximum atomic E-state index is 9.42. The van der Waals surface area contributed by atoms with Gasteiger partial charge in [-0.2, -0.15) is 5.26 Å². The monoisotopic (exact) mass is 356 g/mol. The van der Waals surface area contributed by atoms with Crippen LogP contribution in [0.2, 0.25) is 10.0 Å². The van der Waals surface area contributed by atoms with Crippen LogP contribution in [0.1, 0.15) is 5.56 Å². The molecule has 5 heteroatoms. The number of nitrogens with zero attached hydrogens (tertiary/aromatic N) is 2. The highest BCUT2D eigenvalue weighted by Crippen LogP contribution is 2.32. The van der Waals surface area contributed by atoms with Crippen molar-refractivity contribution in [2.45, 2.75) is 9.92 Å². The molecule has 3 aromatic rings. The number of hydrogen-bond donors (Lipinski definition) is 0. The summed E-state index contributed by atoms with van der Waals surface area (Å²) in [6.07, 6.45) is 1.76. The summed E-state index contributed by atoms with van der Waals surface area (Å²) in [6, 6.07) is 19.0. The first-order valence-corrected chi connectivity index (χ1v) is 8.32. The molecule has 0 atom stereocenters. The van der Waals surface area contributed by atoms with E-state index in [-0.39, 0.29) is 0 Å². The molecule has 0 bridgehead atoms. The van der Waals surface area contributed by atoms with Crippen molar-refractivity contribution < 1.29 is 0 Å². The summed E-state index contributed by atoms with van der Waals surface area (Å²) >= 11 is 13.3. The van der Waals surface area contributed by atoms with Gasteiger partial charge >= 0.3 is 0 Å². The van der Waals surface area contributed by atoms with E-state index in [0.29, 0.717) is 20.6 Å². The van der Waals surface area contributed by atoms with Crippen molar-refractivity contribution in [3.05, 3.63) is 76.4 Å². The van der Waals surface area contributed by atoms with E-state index in [0.717, 1.165) is 16.0 Å². The molecule has 3 rings (SSSR count). The summed E-state index contributed by atoms with van der Waals surface area (Å²) in [4.78, 5) is 5.38. The van der Waals surface area contributed by atoms with Gasteiger partial charge in [0.2, 0.25) is 0 Å². The van der Waals surface area contributed by atoms with Crippen molar-refractivity contribution >= 4 is 35.0 Å². The van der Waals surface area contributed by atoms with Crippen molar-refractivity contribution in [3.8, 4) is 17.2 Å². The highest BCUT2D eigenvalue weighted by atomic mass is 35.5. The van der Waals surface area contributed by atoms with Gasteiger partial charge in [-0.3, -0.25) is 0 Å². The second-order valence-electron chi connectivity index (χ2n) is 4.75. The predicted octanol–water partition coefficient (Wildman–Crippen LogP) is 6.08. The van der Waals surface area contributed by atoms with Gasteiger partial charge in [-0.25, -0.2) is 4.98 Å². The maximum absolute atomic E-state index is 9.42. The Morgan fingerprint density at radius 2 is 1.70 bits per heavy atom. The fourth-order valence-corrected chi connectivity index (χ4v) is 3.31. The van der Waals surface area contributed by atoms with E-state index < -0.39 is 0 Å². The Hall–Kier alpha value is -1.99. The molecular formula is C18H10Cl2N2S. The Morgan fingerprint density at radius 1 is 0.913 bits per heavy atom. The second-order valence-corrected chi connectivity index (χ2v) is 6.69. The molecule has 2 nitrogen and oxygen atoms in total. The molecule has 0 aliphatic carbocycles. The fourth-order valence-electron chi connectivity index (χ4n) is 2.06. The molecule has 0 fully saturated rings. The van der Waals surface area contributed by atoms with Crippen LogP contribution in [0.25, 0.3) is 11.1 Å². The van der Waals surface area contributed by atoms with Crippen LogP contribution in [-0.4, -0.2) is 4.98 Å². The molecule has 23 heavy (non-hydrogen) atoms. The van der Waals surface area contributed by atoms with E-state index in [1.165, 1.54) is 11.8 Å². The smallest absolute Gasteiger partial charge is 0.119 e. The first kappa shape index (κ1) is 15.9. The Kier molecular flexibility index (Phi) is 4.88. The molecule has 0 saturated carbocycles. The number of hydrogen-bond acceptors (Lipinski definition) is 3. The molecule has 2 aromatic carbocycles. The predicted molar refractivity (Wildman–Crippen MR) is 95.0 cm³/mol. The van der Waals surface area contributed by atoms with Crippen molar-refractivity contribution in [1.29, 1.82) is 5.26 Å². The standard InChI is InChI=1S/C18H10Cl2N2S/c19-15-6-4-12(5-7-15)14-8-13(10-21)18(22-11-14)23-17-3-1-2-16(20)9-17/h1-9,11H. The average molecular weight is 357 g/mol. The molecule has 0 radical (unpaired) electrons. The van der Waals surface area contributed by atoms with Crippen molar-refractivity contribution in [2.24, 2.45) is 0 Å². The Balaban J connectivity index is 1.94. The SMILES string of the molecule is N#Cc1cc(-c2ccc(Cl)cc2)cnc1Sc1cccc(Cl)c1. The Labute approximate surface area is 148 Å². The molecule has 0 N–H and O–H groups in total. The molecular weight excluding hydrogens is 347 g/mol. The van der Waals surface area contributed by atoms with Gasteiger partial charge in [0, 0.05) is 26.7 Å². The number of aromatic nitrogens is 1. The number of benzene rings is 2. The highest BCUT2D eigenvalue weighted by molar-refractivity contribution is 7.99. The summed E-state index contributed by atoms with van der Waals surface area (Å²) in [6.45, 7) is 0. The van der Waals surface area contributed by atoms with Gasteiger partial charge in [-0.05, 0) is 42.0 Å². The largest absolute Gasteiger partial charge is 0.248 e. The van der Waals surface area contributed by atoms with Crippen molar-refractivity contribution in [1.82, 2.24) is 4.98 Å². The number of pyridine rings is 1. The van der Waals surface area contributed by atoms with E-state index in [1.807, 2.05) is 54.6 Å². The van der Waals surface area contributed by atoms with Crippen molar-refractivity contribution in [3.63, 3.8) is 0 Å². The van der Waals surface area contributed by atoms with Crippen molar-refractivity contribution in [2.75, 3.05) is 0 Å². The van der Waals surface area contributed by atoms with Gasteiger partial charge < -0.3 is 0 Å². The summed E-state index contributed by atoms with van der Waals surface area (Å²) in [5, 5.41) is 11.4. The van der Waals surface area contributed by atoms with Gasteiger partial charge in [0.1, 0.15) is 11.1 Å². The summed E-state index contributed by atoms with van der Waals surface area (Å²) < 4.78 is 0. The van der Waals surface area contributed by atoms with E-state index in [4.69, 9.17) is 23.2 Å². The molecule has 0 unspecified atom stereocenters. The lowest BCUT2D eigenvalue weighted by molar-refractivity contribution is 1.11. The maximum Gasteiger partial charge on any atom is 0.119 e. The lowest BCUT2D eigenvalue weighted by Gasteiger charge is -2.07. The number of nitriles is 1. The zero-order valence-corrected chi connectivity index (χ0v) is 14.2. The molecule has 112 valence electrons.